The highest BCUT2D eigenvalue weighted by Crippen LogP contribution is 2.53. The highest BCUT2D eigenvalue weighted by atomic mass is 16.5. The quantitative estimate of drug-likeness (QED) is 0.700. The predicted molar refractivity (Wildman–Crippen MR) is 111 cm³/mol. The van der Waals surface area contributed by atoms with E-state index in [1.807, 2.05) is 23.1 Å². The van der Waals surface area contributed by atoms with Crippen molar-refractivity contribution < 1.29 is 9.53 Å². The number of anilines is 2. The molecule has 9 heteroatoms. The van der Waals surface area contributed by atoms with E-state index < -0.39 is 0 Å². The van der Waals surface area contributed by atoms with Gasteiger partial charge in [-0.05, 0) is 37.2 Å². The predicted octanol–water partition coefficient (Wildman–Crippen LogP) is 1.91. The number of hydrogen-bond donors (Lipinski definition) is 1. The van der Waals surface area contributed by atoms with Crippen LogP contribution in [0.4, 0.5) is 11.5 Å². The number of piperidine rings is 1. The van der Waals surface area contributed by atoms with E-state index in [4.69, 9.17) is 4.74 Å². The number of aromatic amines is 1. The number of aryl methyl sites for hydroxylation is 1. The number of nitrogens with zero attached hydrogens (tertiary/aromatic N) is 5. The van der Waals surface area contributed by atoms with Gasteiger partial charge in [0, 0.05) is 44.2 Å². The molecule has 6 rings (SSSR count). The second-order valence-electron chi connectivity index (χ2n) is 8.71. The van der Waals surface area contributed by atoms with Gasteiger partial charge in [0.05, 0.1) is 6.54 Å². The van der Waals surface area contributed by atoms with Crippen molar-refractivity contribution in [2.24, 2.45) is 12.5 Å². The Labute approximate surface area is 172 Å². The molecule has 1 spiro atoms. The van der Waals surface area contributed by atoms with E-state index in [-0.39, 0.29) is 11.6 Å². The van der Waals surface area contributed by atoms with E-state index in [0.29, 0.717) is 35.7 Å². The van der Waals surface area contributed by atoms with Gasteiger partial charge in [-0.1, -0.05) is 0 Å². The minimum absolute atomic E-state index is 0.0372. The van der Waals surface area contributed by atoms with Crippen LogP contribution in [-0.2, 0) is 7.05 Å². The zero-order valence-electron chi connectivity index (χ0n) is 16.9. The van der Waals surface area contributed by atoms with E-state index >= 15 is 0 Å². The van der Waals surface area contributed by atoms with Crippen molar-refractivity contribution >= 4 is 23.1 Å². The highest BCUT2D eigenvalue weighted by Gasteiger charge is 2.45. The van der Waals surface area contributed by atoms with Crippen LogP contribution in [-0.4, -0.2) is 56.2 Å². The maximum atomic E-state index is 13.1. The van der Waals surface area contributed by atoms with Crippen molar-refractivity contribution in [3.05, 3.63) is 40.6 Å². The summed E-state index contributed by atoms with van der Waals surface area (Å²) >= 11 is 0. The lowest BCUT2D eigenvalue weighted by Crippen LogP contribution is -2.39. The summed E-state index contributed by atoms with van der Waals surface area (Å²) < 4.78 is 8.66. The van der Waals surface area contributed by atoms with Crippen molar-refractivity contribution in [1.29, 1.82) is 0 Å². The van der Waals surface area contributed by atoms with Gasteiger partial charge in [-0.15, -0.1) is 0 Å². The Morgan fingerprint density at radius 3 is 2.73 bits per heavy atom. The Hall–Kier alpha value is -3.23. The van der Waals surface area contributed by atoms with Crippen molar-refractivity contribution in [2.75, 3.05) is 31.1 Å². The third kappa shape index (κ3) is 2.64. The van der Waals surface area contributed by atoms with Gasteiger partial charge in [0.2, 0.25) is 0 Å². The average Bonchev–Trinajstić information content (AvgIpc) is 3.25. The number of nitrogens with one attached hydrogen (secondary N) is 1. The zero-order valence-corrected chi connectivity index (χ0v) is 16.9. The number of ether oxygens (including phenoxy) is 1. The summed E-state index contributed by atoms with van der Waals surface area (Å²) in [5.41, 5.74) is 2.40. The Morgan fingerprint density at radius 2 is 1.97 bits per heavy atom. The van der Waals surface area contributed by atoms with Crippen molar-refractivity contribution in [3.8, 4) is 5.75 Å². The first-order valence-corrected chi connectivity index (χ1v) is 10.5. The maximum Gasteiger partial charge on any atom is 0.350 e. The van der Waals surface area contributed by atoms with E-state index in [0.717, 1.165) is 37.4 Å². The van der Waals surface area contributed by atoms with Gasteiger partial charge in [-0.2, -0.15) is 5.10 Å². The second kappa shape index (κ2) is 6.13. The summed E-state index contributed by atoms with van der Waals surface area (Å²) in [6.45, 7) is 2.82. The van der Waals surface area contributed by atoms with Crippen LogP contribution >= 0.6 is 0 Å². The summed E-state index contributed by atoms with van der Waals surface area (Å²) in [5.74, 6) is 1.48. The van der Waals surface area contributed by atoms with Crippen molar-refractivity contribution in [3.63, 3.8) is 0 Å². The highest BCUT2D eigenvalue weighted by molar-refractivity contribution is 5.94. The number of carbonyl (C=O) groups excluding carboxylic acids is 1. The number of pyridine rings is 1. The van der Waals surface area contributed by atoms with Gasteiger partial charge < -0.3 is 19.5 Å². The molecule has 1 amide bonds. The van der Waals surface area contributed by atoms with E-state index in [9.17, 15) is 9.59 Å². The van der Waals surface area contributed by atoms with Crippen LogP contribution in [0, 0.1) is 5.41 Å². The van der Waals surface area contributed by atoms with Crippen LogP contribution in [0.25, 0.3) is 5.65 Å². The summed E-state index contributed by atoms with van der Waals surface area (Å²) in [4.78, 5) is 32.5. The fraction of sp³-hybridized carbons (Fsp3) is 0.476. The van der Waals surface area contributed by atoms with Crippen molar-refractivity contribution in [2.45, 2.75) is 25.7 Å². The van der Waals surface area contributed by atoms with Gasteiger partial charge in [0.1, 0.15) is 12.3 Å². The van der Waals surface area contributed by atoms with E-state index in [1.165, 1.54) is 21.9 Å². The second-order valence-corrected chi connectivity index (χ2v) is 8.71. The molecule has 0 unspecified atom stereocenters. The first-order valence-electron chi connectivity index (χ1n) is 10.5. The molecule has 1 aliphatic carbocycles. The number of fused-ring (bicyclic) bond motifs is 2. The summed E-state index contributed by atoms with van der Waals surface area (Å²) in [7, 11) is 1.64. The number of amides is 1. The summed E-state index contributed by atoms with van der Waals surface area (Å²) in [6.07, 6.45) is 6.60. The third-order valence-electron chi connectivity index (χ3n) is 6.87. The van der Waals surface area contributed by atoms with Crippen molar-refractivity contribution in [1.82, 2.24) is 24.1 Å². The molecule has 1 N–H and O–H groups in total. The molecule has 0 radical (unpaired) electrons. The largest absolute Gasteiger partial charge is 0.488 e. The molecule has 1 saturated carbocycles. The first kappa shape index (κ1) is 17.6. The molecule has 3 aromatic rings. The lowest BCUT2D eigenvalue weighted by atomic mass is 9.93. The van der Waals surface area contributed by atoms with E-state index in [2.05, 4.69) is 15.0 Å². The third-order valence-corrected chi connectivity index (χ3v) is 6.87. The molecule has 0 bridgehead atoms. The SMILES string of the molecule is Cn1nc2cc(N3CCOc4cc(C(=O)N5CCC6(CC5)CC6)[nH]c43)ccn2c1=O. The molecule has 156 valence electrons. The topological polar surface area (TPSA) is 87.9 Å². The monoisotopic (exact) mass is 408 g/mol. The molecular weight excluding hydrogens is 384 g/mol. The lowest BCUT2D eigenvalue weighted by molar-refractivity contribution is 0.0673. The van der Waals surface area contributed by atoms with Crippen LogP contribution in [0.15, 0.2) is 29.2 Å². The number of carbonyl (C=O) groups is 1. The molecule has 2 fully saturated rings. The molecule has 9 nitrogen and oxygen atoms in total. The molecule has 3 aliphatic rings. The number of aromatic nitrogens is 4. The van der Waals surface area contributed by atoms with Crippen LogP contribution in [0.5, 0.6) is 5.75 Å². The molecule has 0 aromatic carbocycles. The van der Waals surface area contributed by atoms with Crippen LogP contribution in [0.1, 0.15) is 36.2 Å². The van der Waals surface area contributed by atoms with Gasteiger partial charge >= 0.3 is 5.69 Å². The fourth-order valence-corrected chi connectivity index (χ4v) is 4.73. The van der Waals surface area contributed by atoms with Gasteiger partial charge in [0.25, 0.3) is 5.91 Å². The molecule has 30 heavy (non-hydrogen) atoms. The minimum atomic E-state index is -0.179. The summed E-state index contributed by atoms with van der Waals surface area (Å²) in [6, 6.07) is 5.57. The number of hydrogen-bond acceptors (Lipinski definition) is 5. The molecule has 5 heterocycles. The molecule has 3 aromatic heterocycles. The van der Waals surface area contributed by atoms with Gasteiger partial charge in [-0.25, -0.2) is 9.48 Å². The average molecular weight is 408 g/mol. The fourth-order valence-electron chi connectivity index (χ4n) is 4.73. The number of rotatable bonds is 2. The summed E-state index contributed by atoms with van der Waals surface area (Å²) in [5, 5.41) is 4.27. The van der Waals surface area contributed by atoms with Gasteiger partial charge in [0.15, 0.2) is 17.2 Å². The first-order chi connectivity index (χ1) is 14.5. The molecule has 2 aliphatic heterocycles. The van der Waals surface area contributed by atoms with Crippen LogP contribution < -0.4 is 15.3 Å². The maximum absolute atomic E-state index is 13.1. The number of H-pyrrole nitrogens is 1. The standard InChI is InChI=1S/C21H24N6O3/c1-24-20(29)27-7-2-14(12-17(27)23-24)26-10-11-30-16-13-15(22-18(16)26)19(28)25-8-5-21(3-4-21)6-9-25/h2,7,12-13,22H,3-6,8-11H2,1H3. The Bertz CT molecular complexity index is 1210. The lowest BCUT2D eigenvalue weighted by Gasteiger charge is -2.31. The Kier molecular flexibility index (Phi) is 3.60. The molecule has 0 atom stereocenters. The smallest absolute Gasteiger partial charge is 0.350 e. The van der Waals surface area contributed by atoms with Gasteiger partial charge in [-0.3, -0.25) is 9.20 Å². The van der Waals surface area contributed by atoms with Crippen LogP contribution in [0.3, 0.4) is 0 Å². The number of likely N-dealkylation sites (tertiary alicyclic amines) is 1. The van der Waals surface area contributed by atoms with E-state index in [1.54, 1.807) is 13.2 Å². The van der Waals surface area contributed by atoms with Crippen LogP contribution in [0.2, 0.25) is 0 Å². The Balaban J connectivity index is 1.30. The zero-order chi connectivity index (χ0) is 20.5. The normalized spacial score (nSPS) is 19.8. The minimum Gasteiger partial charge on any atom is -0.488 e. The Morgan fingerprint density at radius 1 is 1.17 bits per heavy atom. The molecular formula is C21H24N6O3. The molecule has 1 saturated heterocycles.